The van der Waals surface area contributed by atoms with Gasteiger partial charge in [0.2, 0.25) is 0 Å². The smallest absolute Gasteiger partial charge is 0.303 e. The molecule has 132 valence electrons. The van der Waals surface area contributed by atoms with Gasteiger partial charge < -0.3 is 5.11 Å². The van der Waals surface area contributed by atoms with E-state index in [1.807, 2.05) is 38.1 Å². The van der Waals surface area contributed by atoms with Crippen LogP contribution < -0.4 is 0 Å². The molecule has 0 bridgehead atoms. The molecule has 1 aromatic rings. The highest BCUT2D eigenvalue weighted by molar-refractivity contribution is 9.10. The lowest BCUT2D eigenvalue weighted by Gasteiger charge is -2.17. The Morgan fingerprint density at radius 2 is 1.67 bits per heavy atom. The van der Waals surface area contributed by atoms with Crippen molar-refractivity contribution in [1.82, 2.24) is 0 Å². The van der Waals surface area contributed by atoms with E-state index in [0.29, 0.717) is 31.6 Å². The Balaban J connectivity index is 2.53. The molecule has 0 spiro atoms. The molecule has 0 heterocycles. The lowest BCUT2D eigenvalue weighted by molar-refractivity contribution is -0.139. The number of rotatable bonds is 11. The zero-order valence-corrected chi connectivity index (χ0v) is 15.8. The molecule has 0 aliphatic carbocycles. The van der Waals surface area contributed by atoms with Gasteiger partial charge in [0.1, 0.15) is 11.6 Å². The van der Waals surface area contributed by atoms with Gasteiger partial charge in [-0.3, -0.25) is 14.4 Å². The third-order valence-corrected chi connectivity index (χ3v) is 4.41. The third kappa shape index (κ3) is 8.39. The van der Waals surface area contributed by atoms with E-state index in [1.54, 1.807) is 0 Å². The molecule has 0 aliphatic rings. The first-order valence-electron chi connectivity index (χ1n) is 8.28. The van der Waals surface area contributed by atoms with E-state index in [-0.39, 0.29) is 30.3 Å². The van der Waals surface area contributed by atoms with E-state index in [1.165, 1.54) is 0 Å². The number of halogens is 1. The van der Waals surface area contributed by atoms with Crippen molar-refractivity contribution in [3.05, 3.63) is 34.3 Å². The summed E-state index contributed by atoms with van der Waals surface area (Å²) in [5.41, 5.74) is 0.959. The molecule has 1 unspecified atom stereocenters. The van der Waals surface area contributed by atoms with Crippen molar-refractivity contribution in [3.8, 4) is 0 Å². The molecule has 0 saturated carbocycles. The van der Waals surface area contributed by atoms with Crippen LogP contribution in [0.25, 0.3) is 0 Å². The molecule has 0 amide bonds. The minimum absolute atomic E-state index is 0.0393. The maximum Gasteiger partial charge on any atom is 0.303 e. The Hall–Kier alpha value is -1.49. The summed E-state index contributed by atoms with van der Waals surface area (Å²) in [6, 6.07) is 7.62. The number of carboxylic acid groups (broad SMARTS) is 1. The van der Waals surface area contributed by atoms with Gasteiger partial charge in [-0.2, -0.15) is 0 Å². The molecule has 5 heteroatoms. The molecule has 0 fully saturated rings. The van der Waals surface area contributed by atoms with Crippen LogP contribution in [0.3, 0.4) is 0 Å². The number of hydrogen-bond donors (Lipinski definition) is 1. The topological polar surface area (TPSA) is 71.4 Å². The largest absolute Gasteiger partial charge is 0.481 e. The van der Waals surface area contributed by atoms with E-state index in [2.05, 4.69) is 15.9 Å². The number of ketones is 2. The standard InChI is InChI=1S/C19H25BrO4/c1-13(2)11-15(18(22)9-10-19(23)24)5-8-17(21)12-14-3-6-16(20)7-4-14/h3-4,6-7,13,15H,5,8-12H2,1-2H3,(H,23,24). The summed E-state index contributed by atoms with van der Waals surface area (Å²) in [5.74, 6) is -0.777. The zero-order chi connectivity index (χ0) is 18.1. The van der Waals surface area contributed by atoms with E-state index < -0.39 is 5.97 Å². The van der Waals surface area contributed by atoms with Crippen LogP contribution in [0.4, 0.5) is 0 Å². The number of carbonyl (C=O) groups is 3. The van der Waals surface area contributed by atoms with Gasteiger partial charge >= 0.3 is 5.97 Å². The quantitative estimate of drug-likeness (QED) is 0.599. The van der Waals surface area contributed by atoms with Crippen molar-refractivity contribution in [2.24, 2.45) is 11.8 Å². The summed E-state index contributed by atoms with van der Waals surface area (Å²) in [6.07, 6.45) is 1.83. The molecule has 24 heavy (non-hydrogen) atoms. The molecule has 4 nitrogen and oxygen atoms in total. The van der Waals surface area contributed by atoms with Crippen LogP contribution in [-0.4, -0.2) is 22.6 Å². The summed E-state index contributed by atoms with van der Waals surface area (Å²) >= 11 is 3.36. The maximum absolute atomic E-state index is 12.2. The number of carboxylic acids is 1. The average Bonchev–Trinajstić information content (AvgIpc) is 2.51. The molecule has 0 saturated heterocycles. The highest BCUT2D eigenvalue weighted by Gasteiger charge is 2.21. The maximum atomic E-state index is 12.2. The first-order chi connectivity index (χ1) is 11.3. The third-order valence-electron chi connectivity index (χ3n) is 3.88. The van der Waals surface area contributed by atoms with Gasteiger partial charge in [0.25, 0.3) is 0 Å². The average molecular weight is 397 g/mol. The van der Waals surface area contributed by atoms with Crippen LogP contribution in [0, 0.1) is 11.8 Å². The van der Waals surface area contributed by atoms with Gasteiger partial charge in [-0.05, 0) is 36.5 Å². The van der Waals surface area contributed by atoms with Crippen molar-refractivity contribution < 1.29 is 19.5 Å². The minimum atomic E-state index is -0.960. The number of benzene rings is 1. The lowest BCUT2D eigenvalue weighted by atomic mass is 9.86. The number of hydrogen-bond acceptors (Lipinski definition) is 3. The molecule has 1 aromatic carbocycles. The van der Waals surface area contributed by atoms with Crippen LogP contribution in [0.2, 0.25) is 0 Å². The summed E-state index contributed by atoms with van der Waals surface area (Å²) < 4.78 is 0.972. The summed E-state index contributed by atoms with van der Waals surface area (Å²) in [4.78, 5) is 35.0. The Kier molecular flexibility index (Phi) is 8.90. The van der Waals surface area contributed by atoms with E-state index in [9.17, 15) is 14.4 Å². The fourth-order valence-corrected chi connectivity index (χ4v) is 2.93. The van der Waals surface area contributed by atoms with Crippen LogP contribution in [-0.2, 0) is 20.8 Å². The summed E-state index contributed by atoms with van der Waals surface area (Å²) in [7, 11) is 0. The number of Topliss-reactive ketones (excluding diaryl/α,β-unsaturated/α-hetero) is 2. The lowest BCUT2D eigenvalue weighted by Crippen LogP contribution is -2.19. The van der Waals surface area contributed by atoms with E-state index in [0.717, 1.165) is 10.0 Å². The monoisotopic (exact) mass is 396 g/mol. The van der Waals surface area contributed by atoms with Gasteiger partial charge in [-0.25, -0.2) is 0 Å². The zero-order valence-electron chi connectivity index (χ0n) is 14.3. The molecule has 0 aromatic heterocycles. The predicted octanol–water partition coefficient (Wildman–Crippen LogP) is 4.44. The Morgan fingerprint density at radius 1 is 1.04 bits per heavy atom. The molecule has 1 rings (SSSR count). The fraction of sp³-hybridized carbons (Fsp3) is 0.526. The number of carbonyl (C=O) groups excluding carboxylic acids is 2. The van der Waals surface area contributed by atoms with Crippen LogP contribution in [0.1, 0.15) is 51.5 Å². The Labute approximate surface area is 151 Å². The van der Waals surface area contributed by atoms with Crippen molar-refractivity contribution in [3.63, 3.8) is 0 Å². The first kappa shape index (κ1) is 20.6. The second-order valence-corrected chi connectivity index (χ2v) is 7.48. The highest BCUT2D eigenvalue weighted by atomic mass is 79.9. The fourth-order valence-electron chi connectivity index (χ4n) is 2.67. The normalized spacial score (nSPS) is 12.2. The Bertz CT molecular complexity index is 563. The molecule has 0 aliphatic heterocycles. The number of aliphatic carboxylic acids is 1. The van der Waals surface area contributed by atoms with Gasteiger partial charge in [0.15, 0.2) is 0 Å². The second-order valence-electron chi connectivity index (χ2n) is 6.57. The van der Waals surface area contributed by atoms with Gasteiger partial charge in [-0.15, -0.1) is 0 Å². The SMILES string of the molecule is CC(C)CC(CCC(=O)Cc1ccc(Br)cc1)C(=O)CCC(=O)O. The summed E-state index contributed by atoms with van der Waals surface area (Å²) in [5, 5.41) is 8.72. The van der Waals surface area contributed by atoms with E-state index >= 15 is 0 Å². The van der Waals surface area contributed by atoms with Gasteiger partial charge in [0, 0.05) is 29.7 Å². The van der Waals surface area contributed by atoms with E-state index in [4.69, 9.17) is 5.11 Å². The van der Waals surface area contributed by atoms with Crippen molar-refractivity contribution in [1.29, 1.82) is 0 Å². The van der Waals surface area contributed by atoms with Crippen molar-refractivity contribution in [2.45, 2.75) is 52.4 Å². The van der Waals surface area contributed by atoms with Crippen LogP contribution >= 0.6 is 15.9 Å². The second kappa shape index (κ2) is 10.4. The first-order valence-corrected chi connectivity index (χ1v) is 9.08. The van der Waals surface area contributed by atoms with Gasteiger partial charge in [-0.1, -0.05) is 41.9 Å². The van der Waals surface area contributed by atoms with Gasteiger partial charge in [0.05, 0.1) is 6.42 Å². The predicted molar refractivity (Wildman–Crippen MR) is 96.9 cm³/mol. The van der Waals surface area contributed by atoms with Crippen molar-refractivity contribution in [2.75, 3.05) is 0 Å². The minimum Gasteiger partial charge on any atom is -0.481 e. The van der Waals surface area contributed by atoms with Crippen LogP contribution in [0.5, 0.6) is 0 Å². The molecule has 1 N–H and O–H groups in total. The highest BCUT2D eigenvalue weighted by Crippen LogP contribution is 2.21. The van der Waals surface area contributed by atoms with Crippen LogP contribution in [0.15, 0.2) is 28.7 Å². The Morgan fingerprint density at radius 3 is 2.21 bits per heavy atom. The summed E-state index contributed by atoms with van der Waals surface area (Å²) in [6.45, 7) is 4.06. The van der Waals surface area contributed by atoms with Crippen molar-refractivity contribution >= 4 is 33.5 Å². The molecular weight excluding hydrogens is 372 g/mol. The molecule has 1 atom stereocenters. The molecule has 0 radical (unpaired) electrons. The molecular formula is C19H25BrO4.